The molecular formula is C21H25BrN2O2. The largest absolute Gasteiger partial charge is 0.493 e. The first-order valence-electron chi connectivity index (χ1n) is 9.15. The van der Waals surface area contributed by atoms with Crippen LogP contribution in [-0.4, -0.2) is 30.5 Å². The predicted octanol–water partition coefficient (Wildman–Crippen LogP) is 4.47. The lowest BCUT2D eigenvalue weighted by Crippen LogP contribution is -2.42. The number of fused-ring (bicyclic) bond motifs is 1. The fourth-order valence-electron chi connectivity index (χ4n) is 3.52. The Morgan fingerprint density at radius 1 is 1.23 bits per heavy atom. The summed E-state index contributed by atoms with van der Waals surface area (Å²) in [6, 6.07) is 15.6. The second-order valence-electron chi connectivity index (χ2n) is 6.41. The monoisotopic (exact) mass is 416 g/mol. The number of carbonyl (C=O) groups excluding carboxylic acids is 1. The number of rotatable bonds is 6. The smallest absolute Gasteiger partial charge is 0.242 e. The number of nitrogens with zero attached hydrogens (tertiary/aromatic N) is 1. The lowest BCUT2D eigenvalue weighted by Gasteiger charge is -2.32. The van der Waals surface area contributed by atoms with Gasteiger partial charge in [-0.05, 0) is 36.9 Å². The Hall–Kier alpha value is -1.85. The summed E-state index contributed by atoms with van der Waals surface area (Å²) >= 11 is 3.52. The SMILES string of the molecule is CCN(CC)C(C(=O)NC1CCOc2ccc(Br)cc21)c1ccccc1. The molecule has 2 unspecified atom stereocenters. The fourth-order valence-corrected chi connectivity index (χ4v) is 3.90. The fraction of sp³-hybridized carbons (Fsp3) is 0.381. The van der Waals surface area contributed by atoms with Crippen LogP contribution in [0.4, 0.5) is 0 Å². The standard InChI is InChI=1S/C21H25BrN2O2/c1-3-24(4-2)20(15-8-6-5-7-9-15)21(25)23-18-12-13-26-19-11-10-16(22)14-17(18)19/h5-11,14,18,20H,3-4,12-13H2,1-2H3,(H,23,25). The maximum atomic E-state index is 13.3. The van der Waals surface area contributed by atoms with Crippen LogP contribution < -0.4 is 10.1 Å². The molecule has 0 spiro atoms. The molecule has 2 aromatic carbocycles. The van der Waals surface area contributed by atoms with E-state index in [9.17, 15) is 4.79 Å². The van der Waals surface area contributed by atoms with Gasteiger partial charge < -0.3 is 10.1 Å². The molecule has 0 radical (unpaired) electrons. The van der Waals surface area contributed by atoms with E-state index in [0.29, 0.717) is 6.61 Å². The number of hydrogen-bond donors (Lipinski definition) is 1. The van der Waals surface area contributed by atoms with Crippen molar-refractivity contribution in [2.75, 3.05) is 19.7 Å². The van der Waals surface area contributed by atoms with Crippen LogP contribution in [0.1, 0.15) is 43.5 Å². The summed E-state index contributed by atoms with van der Waals surface area (Å²) < 4.78 is 6.73. The minimum absolute atomic E-state index is 0.0366. The van der Waals surface area contributed by atoms with E-state index >= 15 is 0 Å². The summed E-state index contributed by atoms with van der Waals surface area (Å²) in [5, 5.41) is 3.27. The van der Waals surface area contributed by atoms with Crippen molar-refractivity contribution >= 4 is 21.8 Å². The van der Waals surface area contributed by atoms with Gasteiger partial charge >= 0.3 is 0 Å². The first kappa shape index (κ1) is 18.9. The lowest BCUT2D eigenvalue weighted by atomic mass is 9.98. The van der Waals surface area contributed by atoms with E-state index in [-0.39, 0.29) is 18.0 Å². The number of benzene rings is 2. The first-order valence-corrected chi connectivity index (χ1v) is 9.95. The van der Waals surface area contributed by atoms with Crippen molar-refractivity contribution < 1.29 is 9.53 Å². The van der Waals surface area contributed by atoms with Crippen molar-refractivity contribution in [2.24, 2.45) is 0 Å². The minimum Gasteiger partial charge on any atom is -0.493 e. The zero-order valence-corrected chi connectivity index (χ0v) is 16.8. The Bertz CT molecular complexity index is 747. The summed E-state index contributed by atoms with van der Waals surface area (Å²) in [6.45, 7) is 6.43. The van der Waals surface area contributed by atoms with Gasteiger partial charge in [-0.15, -0.1) is 0 Å². The van der Waals surface area contributed by atoms with Gasteiger partial charge in [0.25, 0.3) is 0 Å². The predicted molar refractivity (Wildman–Crippen MR) is 107 cm³/mol. The molecule has 2 atom stereocenters. The minimum atomic E-state index is -0.287. The van der Waals surface area contributed by atoms with Crippen LogP contribution in [0.5, 0.6) is 5.75 Å². The summed E-state index contributed by atoms with van der Waals surface area (Å²) in [5.41, 5.74) is 2.06. The molecule has 1 amide bonds. The van der Waals surface area contributed by atoms with Crippen molar-refractivity contribution in [3.05, 3.63) is 64.1 Å². The van der Waals surface area contributed by atoms with E-state index < -0.39 is 0 Å². The van der Waals surface area contributed by atoms with Gasteiger partial charge in [0.2, 0.25) is 5.91 Å². The summed E-state index contributed by atoms with van der Waals surface area (Å²) in [7, 11) is 0. The average molecular weight is 417 g/mol. The normalized spacial score (nSPS) is 17.3. The molecule has 0 saturated heterocycles. The second kappa shape index (κ2) is 8.69. The summed E-state index contributed by atoms with van der Waals surface area (Å²) in [6.07, 6.45) is 0.773. The zero-order chi connectivity index (χ0) is 18.5. The van der Waals surface area contributed by atoms with E-state index in [0.717, 1.165) is 40.9 Å². The molecular weight excluding hydrogens is 392 g/mol. The first-order chi connectivity index (χ1) is 12.6. The van der Waals surface area contributed by atoms with Crippen molar-refractivity contribution in [2.45, 2.75) is 32.4 Å². The van der Waals surface area contributed by atoms with E-state index in [4.69, 9.17) is 4.74 Å². The summed E-state index contributed by atoms with van der Waals surface area (Å²) in [4.78, 5) is 15.4. The second-order valence-corrected chi connectivity index (χ2v) is 7.33. The highest BCUT2D eigenvalue weighted by atomic mass is 79.9. The molecule has 1 N–H and O–H groups in total. The topological polar surface area (TPSA) is 41.6 Å². The highest BCUT2D eigenvalue weighted by Crippen LogP contribution is 2.34. The van der Waals surface area contributed by atoms with Gasteiger partial charge in [-0.3, -0.25) is 9.69 Å². The molecule has 5 heteroatoms. The highest BCUT2D eigenvalue weighted by Gasteiger charge is 2.30. The average Bonchev–Trinajstić information content (AvgIpc) is 2.67. The van der Waals surface area contributed by atoms with Crippen LogP contribution in [-0.2, 0) is 4.79 Å². The maximum Gasteiger partial charge on any atom is 0.242 e. The number of carbonyl (C=O) groups is 1. The third-order valence-electron chi connectivity index (χ3n) is 4.87. The van der Waals surface area contributed by atoms with Gasteiger partial charge in [-0.1, -0.05) is 60.1 Å². The Balaban J connectivity index is 1.86. The van der Waals surface area contributed by atoms with Crippen LogP contribution in [0, 0.1) is 0 Å². The summed E-state index contributed by atoms with van der Waals surface area (Å²) in [5.74, 6) is 0.890. The number of halogens is 1. The third-order valence-corrected chi connectivity index (χ3v) is 5.36. The Kier molecular flexibility index (Phi) is 6.33. The van der Waals surface area contributed by atoms with Crippen molar-refractivity contribution in [3.8, 4) is 5.75 Å². The Morgan fingerprint density at radius 3 is 2.65 bits per heavy atom. The maximum absolute atomic E-state index is 13.3. The molecule has 26 heavy (non-hydrogen) atoms. The molecule has 1 aliphatic heterocycles. The van der Waals surface area contributed by atoms with Crippen molar-refractivity contribution in [1.82, 2.24) is 10.2 Å². The molecule has 1 heterocycles. The van der Waals surface area contributed by atoms with Crippen LogP contribution in [0.3, 0.4) is 0 Å². The van der Waals surface area contributed by atoms with Gasteiger partial charge in [0.05, 0.1) is 12.6 Å². The van der Waals surface area contributed by atoms with E-state index in [1.54, 1.807) is 0 Å². The van der Waals surface area contributed by atoms with Crippen molar-refractivity contribution in [1.29, 1.82) is 0 Å². The number of nitrogens with one attached hydrogen (secondary N) is 1. The van der Waals surface area contributed by atoms with Crippen LogP contribution in [0.25, 0.3) is 0 Å². The van der Waals surface area contributed by atoms with E-state index in [1.165, 1.54) is 0 Å². The van der Waals surface area contributed by atoms with E-state index in [2.05, 4.69) is 40.0 Å². The number of hydrogen-bond acceptors (Lipinski definition) is 3. The van der Waals surface area contributed by atoms with Gasteiger partial charge in [0.15, 0.2) is 0 Å². The van der Waals surface area contributed by atoms with Gasteiger partial charge in [-0.2, -0.15) is 0 Å². The molecule has 4 nitrogen and oxygen atoms in total. The lowest BCUT2D eigenvalue weighted by molar-refractivity contribution is -0.127. The van der Waals surface area contributed by atoms with Gasteiger partial charge in [-0.25, -0.2) is 0 Å². The van der Waals surface area contributed by atoms with Gasteiger partial charge in [0.1, 0.15) is 11.8 Å². The third kappa shape index (κ3) is 4.10. The van der Waals surface area contributed by atoms with Crippen LogP contribution >= 0.6 is 15.9 Å². The number of amides is 1. The zero-order valence-electron chi connectivity index (χ0n) is 15.2. The molecule has 0 aromatic heterocycles. The molecule has 1 aliphatic rings. The molecule has 0 bridgehead atoms. The molecule has 0 saturated carbocycles. The van der Waals surface area contributed by atoms with Crippen molar-refractivity contribution in [3.63, 3.8) is 0 Å². The number of ether oxygens (including phenoxy) is 1. The molecule has 2 aromatic rings. The Labute approximate surface area is 163 Å². The Morgan fingerprint density at radius 2 is 1.96 bits per heavy atom. The molecule has 0 fully saturated rings. The quantitative estimate of drug-likeness (QED) is 0.754. The number of likely N-dealkylation sites (N-methyl/N-ethyl adjacent to an activating group) is 1. The van der Waals surface area contributed by atoms with Gasteiger partial charge in [0, 0.05) is 16.5 Å². The highest BCUT2D eigenvalue weighted by molar-refractivity contribution is 9.10. The van der Waals surface area contributed by atoms with Crippen LogP contribution in [0.15, 0.2) is 53.0 Å². The van der Waals surface area contributed by atoms with Crippen LogP contribution in [0.2, 0.25) is 0 Å². The molecule has 3 rings (SSSR count). The van der Waals surface area contributed by atoms with E-state index in [1.807, 2.05) is 48.5 Å². The molecule has 0 aliphatic carbocycles. The molecule has 138 valence electrons.